The molecule has 0 fully saturated rings. The van der Waals surface area contributed by atoms with E-state index in [-0.39, 0.29) is 35.7 Å². The molecule has 2 aromatic carbocycles. The lowest BCUT2D eigenvalue weighted by molar-refractivity contribution is 0.0945. The predicted molar refractivity (Wildman–Crippen MR) is 152 cm³/mol. The molecule has 0 bridgehead atoms. The summed E-state index contributed by atoms with van der Waals surface area (Å²) in [7, 11) is 2.81. The summed E-state index contributed by atoms with van der Waals surface area (Å²) >= 11 is 0. The molecule has 0 unspecified atom stereocenters. The molecule has 1 N–H and O–H groups in total. The number of hydrogen-bond acceptors (Lipinski definition) is 7. The summed E-state index contributed by atoms with van der Waals surface area (Å²) in [6.07, 6.45) is 0.790. The largest absolute Gasteiger partial charge is 0.494 e. The van der Waals surface area contributed by atoms with Crippen LogP contribution in [0.3, 0.4) is 0 Å². The van der Waals surface area contributed by atoms with E-state index in [4.69, 9.17) is 9.47 Å². The maximum atomic E-state index is 15.3. The number of nitrogens with one attached hydrogen (secondary N) is 1. The van der Waals surface area contributed by atoms with Crippen LogP contribution in [0, 0.1) is 5.82 Å². The summed E-state index contributed by atoms with van der Waals surface area (Å²) in [5, 5.41) is 11.0. The smallest absolute Gasteiger partial charge is 0.299 e. The number of alkyl halides is 2. The van der Waals surface area contributed by atoms with Crippen molar-refractivity contribution in [2.45, 2.75) is 59.0 Å². The number of nitrogens with zero attached hydrogens (tertiary/aromatic N) is 6. The standard InChI is InChI=1S/C30H34F3N7O3/c1-18(2)38-10-9-20-11-19(5-6-21(20)14-38)13-39-15-23(24(36-39)16-42-3)30(41)34-12-22-25(7-8-26(43-4)27(22)31)40-17-35-29(37-40)28(32)33/h5-8,11,15,17-18,28H,9-10,12-14,16H2,1-4H3,(H,34,41). The highest BCUT2D eigenvalue weighted by molar-refractivity contribution is 5.95. The van der Waals surface area contributed by atoms with Gasteiger partial charge in [0.25, 0.3) is 12.3 Å². The second kappa shape index (κ2) is 13.0. The highest BCUT2D eigenvalue weighted by Gasteiger charge is 2.23. The van der Waals surface area contributed by atoms with Crippen LogP contribution in [0.4, 0.5) is 13.2 Å². The molecule has 5 rings (SSSR count). The lowest BCUT2D eigenvalue weighted by Gasteiger charge is -2.32. The lowest BCUT2D eigenvalue weighted by atomic mass is 9.96. The lowest BCUT2D eigenvalue weighted by Crippen LogP contribution is -2.35. The summed E-state index contributed by atoms with van der Waals surface area (Å²) in [5.41, 5.74) is 4.53. The van der Waals surface area contributed by atoms with Gasteiger partial charge in [-0.05, 0) is 49.1 Å². The van der Waals surface area contributed by atoms with Crippen LogP contribution >= 0.6 is 0 Å². The maximum Gasteiger partial charge on any atom is 0.299 e. The zero-order valence-corrected chi connectivity index (χ0v) is 24.5. The van der Waals surface area contributed by atoms with Crippen molar-refractivity contribution in [2.24, 2.45) is 0 Å². The third-order valence-electron chi connectivity index (χ3n) is 7.53. The molecule has 228 valence electrons. The molecule has 1 amide bonds. The first kappa shape index (κ1) is 30.2. The van der Waals surface area contributed by atoms with Gasteiger partial charge >= 0.3 is 0 Å². The summed E-state index contributed by atoms with van der Waals surface area (Å²) < 4.78 is 54.6. The van der Waals surface area contributed by atoms with Gasteiger partial charge in [-0.3, -0.25) is 14.4 Å². The molecule has 0 radical (unpaired) electrons. The summed E-state index contributed by atoms with van der Waals surface area (Å²) in [6, 6.07) is 9.74. The minimum Gasteiger partial charge on any atom is -0.494 e. The number of methoxy groups -OCH3 is 2. The van der Waals surface area contributed by atoms with Gasteiger partial charge in [0.15, 0.2) is 11.6 Å². The second-order valence-electron chi connectivity index (χ2n) is 10.6. The average Bonchev–Trinajstić information content (AvgIpc) is 3.64. The third kappa shape index (κ3) is 6.57. The van der Waals surface area contributed by atoms with Crippen molar-refractivity contribution < 1.29 is 27.4 Å². The Morgan fingerprint density at radius 2 is 1.93 bits per heavy atom. The first-order valence-corrected chi connectivity index (χ1v) is 13.9. The van der Waals surface area contributed by atoms with Gasteiger partial charge in [-0.1, -0.05) is 18.2 Å². The average molecular weight is 598 g/mol. The van der Waals surface area contributed by atoms with Crippen molar-refractivity contribution in [3.05, 3.63) is 88.0 Å². The number of carbonyl (C=O) groups is 1. The minimum absolute atomic E-state index is 0.0100. The van der Waals surface area contributed by atoms with Gasteiger partial charge in [-0.2, -0.15) is 5.10 Å². The van der Waals surface area contributed by atoms with Gasteiger partial charge < -0.3 is 14.8 Å². The summed E-state index contributed by atoms with van der Waals surface area (Å²) in [4.78, 5) is 19.4. The number of hydrogen-bond donors (Lipinski definition) is 1. The van der Waals surface area contributed by atoms with Crippen LogP contribution in [-0.2, 0) is 37.4 Å². The fourth-order valence-corrected chi connectivity index (χ4v) is 5.22. The molecule has 1 aliphatic rings. The Kier molecular flexibility index (Phi) is 9.11. The van der Waals surface area contributed by atoms with E-state index < -0.39 is 24.0 Å². The van der Waals surface area contributed by atoms with E-state index in [0.29, 0.717) is 18.3 Å². The van der Waals surface area contributed by atoms with E-state index >= 15 is 4.39 Å². The quantitative estimate of drug-likeness (QED) is 0.273. The summed E-state index contributed by atoms with van der Waals surface area (Å²) in [5.74, 6) is -2.03. The molecule has 2 aromatic heterocycles. The second-order valence-corrected chi connectivity index (χ2v) is 10.6. The Labute approximate surface area is 247 Å². The van der Waals surface area contributed by atoms with E-state index in [1.54, 1.807) is 10.9 Å². The topological polar surface area (TPSA) is 99.3 Å². The van der Waals surface area contributed by atoms with E-state index in [1.807, 2.05) is 0 Å². The zero-order valence-electron chi connectivity index (χ0n) is 24.5. The first-order chi connectivity index (χ1) is 20.7. The van der Waals surface area contributed by atoms with Crippen LogP contribution in [-0.4, -0.2) is 62.2 Å². The van der Waals surface area contributed by atoms with Crippen LogP contribution in [0.2, 0.25) is 0 Å². The van der Waals surface area contributed by atoms with Gasteiger partial charge in [0.2, 0.25) is 5.82 Å². The van der Waals surface area contributed by atoms with Crippen LogP contribution in [0.15, 0.2) is 42.9 Å². The Morgan fingerprint density at radius 1 is 1.12 bits per heavy atom. The number of ether oxygens (including phenoxy) is 2. The van der Waals surface area contributed by atoms with Crippen molar-refractivity contribution in [3.8, 4) is 11.4 Å². The van der Waals surface area contributed by atoms with Crippen molar-refractivity contribution in [2.75, 3.05) is 20.8 Å². The van der Waals surface area contributed by atoms with Gasteiger partial charge in [0.1, 0.15) is 12.0 Å². The molecule has 4 aromatic rings. The maximum absolute atomic E-state index is 15.3. The monoisotopic (exact) mass is 597 g/mol. The van der Waals surface area contributed by atoms with Crippen LogP contribution < -0.4 is 10.1 Å². The van der Waals surface area contributed by atoms with E-state index in [0.717, 1.165) is 36.1 Å². The molecule has 43 heavy (non-hydrogen) atoms. The molecule has 0 saturated heterocycles. The molecule has 1 aliphatic heterocycles. The first-order valence-electron chi connectivity index (χ1n) is 13.9. The molecular formula is C30H34F3N7O3. The zero-order chi connectivity index (χ0) is 30.7. The van der Waals surface area contributed by atoms with Crippen molar-refractivity contribution in [1.29, 1.82) is 0 Å². The normalized spacial score (nSPS) is 13.5. The molecule has 0 atom stereocenters. The van der Waals surface area contributed by atoms with Gasteiger partial charge in [0, 0.05) is 44.5 Å². The Balaban J connectivity index is 1.35. The number of carbonyl (C=O) groups excluding carboxylic acids is 1. The van der Waals surface area contributed by atoms with E-state index in [9.17, 15) is 13.6 Å². The third-order valence-corrected chi connectivity index (χ3v) is 7.53. The minimum atomic E-state index is -2.89. The fourth-order valence-electron chi connectivity index (χ4n) is 5.22. The van der Waals surface area contributed by atoms with Crippen LogP contribution in [0.5, 0.6) is 5.75 Å². The number of amides is 1. The van der Waals surface area contributed by atoms with E-state index in [1.165, 1.54) is 37.5 Å². The number of aromatic nitrogens is 5. The highest BCUT2D eigenvalue weighted by Crippen LogP contribution is 2.27. The van der Waals surface area contributed by atoms with Crippen molar-refractivity contribution >= 4 is 5.91 Å². The number of fused-ring (bicyclic) bond motifs is 1. The molecule has 10 nitrogen and oxygen atoms in total. The molecule has 0 saturated carbocycles. The molecule has 0 aliphatic carbocycles. The number of rotatable bonds is 11. The van der Waals surface area contributed by atoms with Crippen molar-refractivity contribution in [3.63, 3.8) is 0 Å². The van der Waals surface area contributed by atoms with E-state index in [2.05, 4.69) is 57.4 Å². The molecule has 13 heteroatoms. The SMILES string of the molecule is COCc1nn(Cc2ccc3c(c2)CCN(C(C)C)C3)cc1C(=O)NCc1c(-n2cnc(C(F)F)n2)ccc(OC)c1F. The Hall–Kier alpha value is -4.23. The predicted octanol–water partition coefficient (Wildman–Crippen LogP) is 4.44. The van der Waals surface area contributed by atoms with Crippen molar-refractivity contribution in [1.82, 2.24) is 34.8 Å². The van der Waals surface area contributed by atoms with Gasteiger partial charge in [0.05, 0.1) is 31.5 Å². The summed E-state index contributed by atoms with van der Waals surface area (Å²) in [6.45, 7) is 6.62. The molecular weight excluding hydrogens is 563 g/mol. The Morgan fingerprint density at radius 3 is 2.63 bits per heavy atom. The Bertz CT molecular complexity index is 1600. The van der Waals surface area contributed by atoms with Crippen LogP contribution in [0.25, 0.3) is 5.69 Å². The van der Waals surface area contributed by atoms with Gasteiger partial charge in [-0.25, -0.2) is 22.8 Å². The fraction of sp³-hybridized carbons (Fsp3) is 0.400. The number of halogens is 3. The molecule has 0 spiro atoms. The highest BCUT2D eigenvalue weighted by atomic mass is 19.3. The van der Waals surface area contributed by atoms with Crippen LogP contribution in [0.1, 0.15) is 64.4 Å². The number of benzene rings is 2. The molecule has 3 heterocycles. The van der Waals surface area contributed by atoms with Gasteiger partial charge in [-0.15, -0.1) is 5.10 Å².